The molecule has 0 spiro atoms. The molecule has 160 valence electrons. The van der Waals surface area contributed by atoms with Crippen LogP contribution >= 0.6 is 23.2 Å². The summed E-state index contributed by atoms with van der Waals surface area (Å²) in [5.41, 5.74) is 2.01. The molecule has 8 heteroatoms. The van der Waals surface area contributed by atoms with E-state index >= 15 is 0 Å². The molecule has 1 aliphatic rings. The van der Waals surface area contributed by atoms with Crippen LogP contribution in [-0.4, -0.2) is 43.0 Å². The van der Waals surface area contributed by atoms with E-state index < -0.39 is 6.03 Å². The second-order valence-electron chi connectivity index (χ2n) is 7.28. The van der Waals surface area contributed by atoms with Gasteiger partial charge in [-0.1, -0.05) is 47.5 Å². The lowest BCUT2D eigenvalue weighted by molar-refractivity contribution is -0.120. The predicted molar refractivity (Wildman–Crippen MR) is 120 cm³/mol. The molecular formula is C22H26Cl2N4O2. The molecule has 3 amide bonds. The van der Waals surface area contributed by atoms with Gasteiger partial charge in [0.2, 0.25) is 5.91 Å². The average molecular weight is 449 g/mol. The molecule has 0 bridgehead atoms. The fourth-order valence-corrected chi connectivity index (χ4v) is 3.83. The molecule has 0 radical (unpaired) electrons. The number of carbonyl (C=O) groups is 2. The van der Waals surface area contributed by atoms with Crippen LogP contribution in [-0.2, 0) is 11.3 Å². The SMILES string of the molecule is O=C(CNC(=O)NCc1ccc(Cl)cc1)NCC(c1cccc(Cl)c1)N1CCCC1. The summed E-state index contributed by atoms with van der Waals surface area (Å²) in [6.07, 6.45) is 2.31. The third-order valence-electron chi connectivity index (χ3n) is 5.08. The molecular weight excluding hydrogens is 423 g/mol. The molecule has 1 aliphatic heterocycles. The number of nitrogens with one attached hydrogen (secondary N) is 3. The zero-order valence-corrected chi connectivity index (χ0v) is 18.2. The minimum Gasteiger partial charge on any atom is -0.353 e. The maximum Gasteiger partial charge on any atom is 0.315 e. The van der Waals surface area contributed by atoms with Crippen LogP contribution in [0.15, 0.2) is 48.5 Å². The molecule has 0 aromatic heterocycles. The fourth-order valence-electron chi connectivity index (χ4n) is 3.51. The lowest BCUT2D eigenvalue weighted by Gasteiger charge is -2.28. The third kappa shape index (κ3) is 6.90. The summed E-state index contributed by atoms with van der Waals surface area (Å²) >= 11 is 12.0. The van der Waals surface area contributed by atoms with E-state index in [1.165, 1.54) is 0 Å². The summed E-state index contributed by atoms with van der Waals surface area (Å²) < 4.78 is 0. The first kappa shape index (κ1) is 22.4. The zero-order chi connectivity index (χ0) is 21.3. The summed E-state index contributed by atoms with van der Waals surface area (Å²) in [6.45, 7) is 2.73. The number of hydrogen-bond acceptors (Lipinski definition) is 3. The summed E-state index contributed by atoms with van der Waals surface area (Å²) in [5, 5.41) is 9.56. The fraction of sp³-hybridized carbons (Fsp3) is 0.364. The highest BCUT2D eigenvalue weighted by Crippen LogP contribution is 2.26. The van der Waals surface area contributed by atoms with Gasteiger partial charge < -0.3 is 16.0 Å². The van der Waals surface area contributed by atoms with Crippen molar-refractivity contribution < 1.29 is 9.59 Å². The van der Waals surface area contributed by atoms with Gasteiger partial charge in [-0.05, 0) is 61.3 Å². The maximum absolute atomic E-state index is 12.3. The summed E-state index contributed by atoms with van der Waals surface area (Å²) in [4.78, 5) is 26.6. The van der Waals surface area contributed by atoms with Crippen molar-refractivity contribution in [1.29, 1.82) is 0 Å². The molecule has 3 N–H and O–H groups in total. The first-order chi connectivity index (χ1) is 14.5. The van der Waals surface area contributed by atoms with Gasteiger partial charge in [-0.15, -0.1) is 0 Å². The Labute approximate surface area is 186 Å². The Kier molecular flexibility index (Phi) is 8.37. The number of benzene rings is 2. The van der Waals surface area contributed by atoms with Gasteiger partial charge in [0.25, 0.3) is 0 Å². The van der Waals surface area contributed by atoms with Gasteiger partial charge in [0.15, 0.2) is 0 Å². The lowest BCUT2D eigenvalue weighted by atomic mass is 10.1. The molecule has 1 atom stereocenters. The molecule has 1 unspecified atom stereocenters. The quantitative estimate of drug-likeness (QED) is 0.575. The first-order valence-electron chi connectivity index (χ1n) is 10.0. The summed E-state index contributed by atoms with van der Waals surface area (Å²) in [5.74, 6) is -0.233. The normalized spacial score (nSPS) is 14.9. The van der Waals surface area contributed by atoms with Crippen LogP contribution in [0, 0.1) is 0 Å². The number of hydrogen-bond donors (Lipinski definition) is 3. The Hall–Kier alpha value is -2.28. The highest BCUT2D eigenvalue weighted by atomic mass is 35.5. The number of rotatable bonds is 8. The Morgan fingerprint density at radius 2 is 1.67 bits per heavy atom. The molecule has 2 aromatic carbocycles. The predicted octanol–water partition coefficient (Wildman–Crippen LogP) is 3.75. The van der Waals surface area contributed by atoms with E-state index in [4.69, 9.17) is 23.2 Å². The van der Waals surface area contributed by atoms with Gasteiger partial charge in [-0.25, -0.2) is 4.79 Å². The van der Waals surface area contributed by atoms with Gasteiger partial charge in [-0.3, -0.25) is 9.69 Å². The largest absolute Gasteiger partial charge is 0.353 e. The van der Waals surface area contributed by atoms with E-state index in [0.29, 0.717) is 23.1 Å². The van der Waals surface area contributed by atoms with Crippen LogP contribution in [0.3, 0.4) is 0 Å². The van der Waals surface area contributed by atoms with Crippen LogP contribution in [0.4, 0.5) is 4.79 Å². The number of halogens is 2. The molecule has 1 saturated heterocycles. The van der Waals surface area contributed by atoms with Crippen LogP contribution < -0.4 is 16.0 Å². The highest BCUT2D eigenvalue weighted by molar-refractivity contribution is 6.30. The Morgan fingerprint density at radius 1 is 0.933 bits per heavy atom. The maximum atomic E-state index is 12.3. The van der Waals surface area contributed by atoms with E-state index in [1.54, 1.807) is 12.1 Å². The lowest BCUT2D eigenvalue weighted by Crippen LogP contribution is -2.44. The number of urea groups is 1. The molecule has 1 heterocycles. The Bertz CT molecular complexity index is 854. The topological polar surface area (TPSA) is 73.5 Å². The van der Waals surface area contributed by atoms with Crippen molar-refractivity contribution in [3.05, 3.63) is 69.7 Å². The van der Waals surface area contributed by atoms with Crippen LogP contribution in [0.5, 0.6) is 0 Å². The molecule has 1 fully saturated rings. The van der Waals surface area contributed by atoms with E-state index in [9.17, 15) is 9.59 Å². The minimum atomic E-state index is -0.397. The van der Waals surface area contributed by atoms with Crippen LogP contribution in [0.25, 0.3) is 0 Å². The van der Waals surface area contributed by atoms with Crippen LogP contribution in [0.2, 0.25) is 10.0 Å². The number of amides is 3. The molecule has 0 saturated carbocycles. The number of nitrogens with zero attached hydrogens (tertiary/aromatic N) is 1. The molecule has 3 rings (SSSR count). The average Bonchev–Trinajstić information content (AvgIpc) is 3.26. The van der Waals surface area contributed by atoms with Crippen molar-refractivity contribution in [3.63, 3.8) is 0 Å². The van der Waals surface area contributed by atoms with Crippen molar-refractivity contribution in [3.8, 4) is 0 Å². The monoisotopic (exact) mass is 448 g/mol. The van der Waals surface area contributed by atoms with Crippen molar-refractivity contribution >= 4 is 35.1 Å². The van der Waals surface area contributed by atoms with Gasteiger partial charge >= 0.3 is 6.03 Å². The standard InChI is InChI=1S/C22H26Cl2N4O2/c23-18-8-6-16(7-9-18)13-26-22(30)27-15-21(29)25-14-20(28-10-1-2-11-28)17-4-3-5-19(24)12-17/h3-9,12,20H,1-2,10-11,13-15H2,(H,25,29)(H2,26,27,30). The zero-order valence-electron chi connectivity index (χ0n) is 16.7. The van der Waals surface area contributed by atoms with Gasteiger partial charge in [0, 0.05) is 23.1 Å². The summed E-state index contributed by atoms with van der Waals surface area (Å²) in [7, 11) is 0. The molecule has 0 aliphatic carbocycles. The molecule has 6 nitrogen and oxygen atoms in total. The summed E-state index contributed by atoms with van der Waals surface area (Å²) in [6, 6.07) is 14.6. The third-order valence-corrected chi connectivity index (χ3v) is 5.57. The Balaban J connectivity index is 1.44. The minimum absolute atomic E-state index is 0.0638. The van der Waals surface area contributed by atoms with E-state index in [2.05, 4.69) is 20.9 Å². The van der Waals surface area contributed by atoms with Crippen molar-refractivity contribution in [1.82, 2.24) is 20.9 Å². The van der Waals surface area contributed by atoms with Gasteiger partial charge in [0.1, 0.15) is 0 Å². The smallest absolute Gasteiger partial charge is 0.315 e. The number of likely N-dealkylation sites (tertiary alicyclic amines) is 1. The van der Waals surface area contributed by atoms with E-state index in [0.717, 1.165) is 37.1 Å². The highest BCUT2D eigenvalue weighted by Gasteiger charge is 2.24. The second kappa shape index (κ2) is 11.2. The van der Waals surface area contributed by atoms with Crippen molar-refractivity contribution in [2.75, 3.05) is 26.2 Å². The first-order valence-corrected chi connectivity index (χ1v) is 10.8. The van der Waals surface area contributed by atoms with E-state index in [1.807, 2.05) is 36.4 Å². The second-order valence-corrected chi connectivity index (χ2v) is 8.15. The Morgan fingerprint density at radius 3 is 2.37 bits per heavy atom. The number of carbonyl (C=O) groups excluding carboxylic acids is 2. The van der Waals surface area contributed by atoms with Gasteiger partial charge in [-0.2, -0.15) is 0 Å². The van der Waals surface area contributed by atoms with E-state index in [-0.39, 0.29) is 18.5 Å². The molecule has 30 heavy (non-hydrogen) atoms. The van der Waals surface area contributed by atoms with Crippen molar-refractivity contribution in [2.45, 2.75) is 25.4 Å². The van der Waals surface area contributed by atoms with Crippen LogP contribution in [0.1, 0.15) is 30.0 Å². The van der Waals surface area contributed by atoms with Gasteiger partial charge in [0.05, 0.1) is 12.6 Å². The van der Waals surface area contributed by atoms with Crippen molar-refractivity contribution in [2.24, 2.45) is 0 Å². The molecule has 2 aromatic rings.